The van der Waals surface area contributed by atoms with Crippen molar-refractivity contribution in [3.8, 4) is 0 Å². The fourth-order valence-electron chi connectivity index (χ4n) is 4.61. The molecule has 1 aromatic heterocycles. The molecule has 1 fully saturated rings. The highest BCUT2D eigenvalue weighted by molar-refractivity contribution is 7.11. The lowest BCUT2D eigenvalue weighted by Gasteiger charge is -2.34. The van der Waals surface area contributed by atoms with Gasteiger partial charge >= 0.3 is 0 Å². The van der Waals surface area contributed by atoms with Gasteiger partial charge < -0.3 is 4.90 Å². The third kappa shape index (κ3) is 3.75. The number of hydrogen-bond acceptors (Lipinski definition) is 4. The van der Waals surface area contributed by atoms with Crippen LogP contribution >= 0.6 is 11.3 Å². The van der Waals surface area contributed by atoms with Gasteiger partial charge in [-0.25, -0.2) is 9.29 Å². The standard InChI is InChI=1S/C26H23FN2O2S/c27-20-9-4-5-10-21(20)29-25(30)23(22-11-6-16-32-22)24(26(29)31)28-14-12-19(13-15-28)17-18-7-2-1-3-8-18/h1-11,16,19H,12-15,17H2. The SMILES string of the molecule is O=C1C(c2cccs2)=C(N2CCC(Cc3ccccc3)CC2)C(=O)N1c1ccccc1F. The molecule has 0 bridgehead atoms. The lowest BCUT2D eigenvalue weighted by Crippen LogP contribution is -2.39. The van der Waals surface area contributed by atoms with E-state index in [2.05, 4.69) is 24.3 Å². The number of benzene rings is 2. The number of amides is 2. The molecule has 2 amide bonds. The summed E-state index contributed by atoms with van der Waals surface area (Å²) in [4.78, 5) is 30.6. The van der Waals surface area contributed by atoms with Crippen molar-refractivity contribution in [2.75, 3.05) is 18.0 Å². The molecule has 2 aromatic carbocycles. The first-order chi connectivity index (χ1) is 15.6. The van der Waals surface area contributed by atoms with Crippen molar-refractivity contribution in [3.05, 3.63) is 94.1 Å². The zero-order chi connectivity index (χ0) is 22.1. The Morgan fingerprint density at radius 1 is 0.875 bits per heavy atom. The Labute approximate surface area is 190 Å². The summed E-state index contributed by atoms with van der Waals surface area (Å²) in [6.45, 7) is 1.40. The molecule has 5 rings (SSSR count). The van der Waals surface area contributed by atoms with E-state index in [4.69, 9.17) is 0 Å². The topological polar surface area (TPSA) is 40.6 Å². The molecule has 3 heterocycles. The fourth-order valence-corrected chi connectivity index (χ4v) is 5.38. The Kier molecular flexibility index (Phi) is 5.62. The third-order valence-electron chi connectivity index (χ3n) is 6.22. The van der Waals surface area contributed by atoms with E-state index in [1.54, 1.807) is 12.1 Å². The number of likely N-dealkylation sites (tertiary alicyclic amines) is 1. The molecule has 0 spiro atoms. The number of para-hydroxylation sites is 1. The van der Waals surface area contributed by atoms with Crippen LogP contribution in [-0.2, 0) is 16.0 Å². The predicted octanol–water partition coefficient (Wildman–Crippen LogP) is 5.13. The molecule has 162 valence electrons. The molecule has 0 atom stereocenters. The molecule has 0 N–H and O–H groups in total. The summed E-state index contributed by atoms with van der Waals surface area (Å²) in [7, 11) is 0. The Bertz CT molecular complexity index is 1170. The van der Waals surface area contributed by atoms with Crippen LogP contribution in [0.15, 0.2) is 77.8 Å². The van der Waals surface area contributed by atoms with Crippen molar-refractivity contribution < 1.29 is 14.0 Å². The van der Waals surface area contributed by atoms with Crippen molar-refractivity contribution in [2.24, 2.45) is 5.92 Å². The van der Waals surface area contributed by atoms with Gasteiger partial charge in [0, 0.05) is 18.0 Å². The van der Waals surface area contributed by atoms with Gasteiger partial charge in [0.1, 0.15) is 11.5 Å². The van der Waals surface area contributed by atoms with Crippen molar-refractivity contribution in [3.63, 3.8) is 0 Å². The summed E-state index contributed by atoms with van der Waals surface area (Å²) < 4.78 is 14.5. The van der Waals surface area contributed by atoms with Crippen LogP contribution in [0.5, 0.6) is 0 Å². The van der Waals surface area contributed by atoms with Gasteiger partial charge in [-0.3, -0.25) is 9.59 Å². The van der Waals surface area contributed by atoms with Gasteiger partial charge in [-0.15, -0.1) is 11.3 Å². The van der Waals surface area contributed by atoms with Crippen LogP contribution in [0.2, 0.25) is 0 Å². The zero-order valence-electron chi connectivity index (χ0n) is 17.5. The highest BCUT2D eigenvalue weighted by Gasteiger charge is 2.44. The number of carbonyl (C=O) groups excluding carboxylic acids is 2. The van der Waals surface area contributed by atoms with E-state index < -0.39 is 17.6 Å². The molecule has 0 saturated carbocycles. The second kappa shape index (κ2) is 8.71. The summed E-state index contributed by atoms with van der Waals surface area (Å²) >= 11 is 1.42. The van der Waals surface area contributed by atoms with Crippen LogP contribution in [0.25, 0.3) is 5.57 Å². The Morgan fingerprint density at radius 2 is 1.59 bits per heavy atom. The summed E-state index contributed by atoms with van der Waals surface area (Å²) in [5, 5.41) is 1.88. The van der Waals surface area contributed by atoms with Gasteiger partial charge in [-0.05, 0) is 54.3 Å². The molecule has 0 aliphatic carbocycles. The maximum Gasteiger partial charge on any atom is 0.282 e. The average molecular weight is 447 g/mol. The molecule has 0 radical (unpaired) electrons. The van der Waals surface area contributed by atoms with Crippen LogP contribution < -0.4 is 4.90 Å². The van der Waals surface area contributed by atoms with E-state index in [0.29, 0.717) is 30.3 Å². The van der Waals surface area contributed by atoms with E-state index in [1.807, 2.05) is 28.5 Å². The van der Waals surface area contributed by atoms with E-state index in [1.165, 1.54) is 29.0 Å². The minimum absolute atomic E-state index is 0.00511. The lowest BCUT2D eigenvalue weighted by molar-refractivity contribution is -0.120. The highest BCUT2D eigenvalue weighted by Crippen LogP contribution is 2.38. The smallest absolute Gasteiger partial charge is 0.282 e. The Hall–Kier alpha value is -3.25. The average Bonchev–Trinajstić information content (AvgIpc) is 3.42. The molecule has 32 heavy (non-hydrogen) atoms. The number of imide groups is 1. The fraction of sp³-hybridized carbons (Fsp3) is 0.231. The molecule has 2 aliphatic rings. The van der Waals surface area contributed by atoms with Crippen molar-refractivity contribution in [2.45, 2.75) is 19.3 Å². The maximum atomic E-state index is 14.5. The second-order valence-corrected chi connectivity index (χ2v) is 9.17. The molecule has 3 aromatic rings. The van der Waals surface area contributed by atoms with Crippen LogP contribution in [0.4, 0.5) is 10.1 Å². The van der Waals surface area contributed by atoms with E-state index >= 15 is 0 Å². The lowest BCUT2D eigenvalue weighted by atomic mass is 9.90. The number of rotatable bonds is 5. The van der Waals surface area contributed by atoms with Crippen molar-refractivity contribution in [1.82, 2.24) is 4.90 Å². The number of anilines is 1. The predicted molar refractivity (Wildman–Crippen MR) is 125 cm³/mol. The van der Waals surface area contributed by atoms with Crippen LogP contribution in [-0.4, -0.2) is 29.8 Å². The van der Waals surface area contributed by atoms with Gasteiger partial charge in [0.05, 0.1) is 11.3 Å². The van der Waals surface area contributed by atoms with E-state index in [9.17, 15) is 14.0 Å². The van der Waals surface area contributed by atoms with Gasteiger partial charge in [0.25, 0.3) is 11.8 Å². The quantitative estimate of drug-likeness (QED) is 0.511. The first-order valence-electron chi connectivity index (χ1n) is 10.8. The van der Waals surface area contributed by atoms with Crippen LogP contribution in [0.1, 0.15) is 23.3 Å². The molecule has 6 heteroatoms. The Morgan fingerprint density at radius 3 is 2.28 bits per heavy atom. The van der Waals surface area contributed by atoms with Crippen molar-refractivity contribution >= 4 is 34.4 Å². The first-order valence-corrected chi connectivity index (χ1v) is 11.7. The van der Waals surface area contributed by atoms with Crippen molar-refractivity contribution in [1.29, 1.82) is 0 Å². The number of thiophene rings is 1. The molecule has 1 saturated heterocycles. The summed E-state index contributed by atoms with van der Waals surface area (Å²) in [5.41, 5.74) is 2.11. The minimum atomic E-state index is -0.581. The molecule has 2 aliphatic heterocycles. The van der Waals surface area contributed by atoms with Gasteiger partial charge in [0.2, 0.25) is 0 Å². The van der Waals surface area contributed by atoms with E-state index in [-0.39, 0.29) is 5.69 Å². The first kappa shape index (κ1) is 20.6. The highest BCUT2D eigenvalue weighted by atomic mass is 32.1. The number of carbonyl (C=O) groups is 2. The van der Waals surface area contributed by atoms with E-state index in [0.717, 1.165) is 29.0 Å². The molecule has 0 unspecified atom stereocenters. The number of halogens is 1. The number of hydrogen-bond donors (Lipinski definition) is 0. The van der Waals surface area contributed by atoms with Gasteiger partial charge in [0.15, 0.2) is 0 Å². The van der Waals surface area contributed by atoms with Gasteiger partial charge in [-0.1, -0.05) is 48.5 Å². The zero-order valence-corrected chi connectivity index (χ0v) is 18.4. The van der Waals surface area contributed by atoms with Gasteiger partial charge in [-0.2, -0.15) is 0 Å². The molecular formula is C26H23FN2O2S. The third-order valence-corrected chi connectivity index (χ3v) is 7.11. The minimum Gasteiger partial charge on any atom is -0.366 e. The monoisotopic (exact) mass is 446 g/mol. The summed E-state index contributed by atoms with van der Waals surface area (Å²) in [6.07, 6.45) is 2.90. The summed E-state index contributed by atoms with van der Waals surface area (Å²) in [5.74, 6) is -0.939. The second-order valence-electron chi connectivity index (χ2n) is 8.22. The van der Waals surface area contributed by atoms with Crippen LogP contribution in [0, 0.1) is 11.7 Å². The summed E-state index contributed by atoms with van der Waals surface area (Å²) in [6, 6.07) is 20.1. The molecular weight excluding hydrogens is 423 g/mol. The molecule has 4 nitrogen and oxygen atoms in total. The normalized spacial score (nSPS) is 17.5. The maximum absolute atomic E-state index is 14.5. The van der Waals surface area contributed by atoms with Crippen LogP contribution in [0.3, 0.4) is 0 Å². The Balaban J connectivity index is 1.42. The number of nitrogens with zero attached hydrogens (tertiary/aromatic N) is 2. The number of piperidine rings is 1. The largest absolute Gasteiger partial charge is 0.366 e.